The van der Waals surface area contributed by atoms with Crippen molar-refractivity contribution in [1.82, 2.24) is 20.9 Å². The molecule has 1 fully saturated rings. The highest BCUT2D eigenvalue weighted by molar-refractivity contribution is 14.0. The van der Waals surface area contributed by atoms with Crippen LogP contribution in [0.1, 0.15) is 56.5 Å². The highest BCUT2D eigenvalue weighted by atomic mass is 127. The first-order chi connectivity index (χ1) is 13.0. The first-order valence-electron chi connectivity index (χ1n) is 10.2. The average Bonchev–Trinajstić information content (AvgIpc) is 2.67. The molecule has 2 rings (SSSR count). The van der Waals surface area contributed by atoms with Crippen LogP contribution in [0.5, 0.6) is 0 Å². The van der Waals surface area contributed by atoms with Crippen LogP contribution in [-0.2, 0) is 6.54 Å². The third kappa shape index (κ3) is 7.95. The van der Waals surface area contributed by atoms with Gasteiger partial charge < -0.3 is 20.9 Å². The summed E-state index contributed by atoms with van der Waals surface area (Å²) >= 11 is 0. The number of amides is 1. The van der Waals surface area contributed by atoms with Gasteiger partial charge in [0.15, 0.2) is 5.96 Å². The molecule has 158 valence electrons. The molecule has 0 atom stereocenters. The third-order valence-electron chi connectivity index (χ3n) is 4.89. The van der Waals surface area contributed by atoms with Gasteiger partial charge in [-0.2, -0.15) is 0 Å². The smallest absolute Gasteiger partial charge is 0.251 e. The molecule has 0 unspecified atom stereocenters. The van der Waals surface area contributed by atoms with Gasteiger partial charge in [-0.1, -0.05) is 12.1 Å². The van der Waals surface area contributed by atoms with Gasteiger partial charge in [0.05, 0.1) is 6.54 Å². The van der Waals surface area contributed by atoms with Gasteiger partial charge in [-0.25, -0.2) is 4.99 Å². The average molecular weight is 501 g/mol. The van der Waals surface area contributed by atoms with Crippen molar-refractivity contribution < 1.29 is 4.79 Å². The largest absolute Gasteiger partial charge is 0.357 e. The lowest BCUT2D eigenvalue weighted by molar-refractivity contribution is 0.0955. The number of rotatable bonds is 7. The minimum Gasteiger partial charge on any atom is -0.357 e. The summed E-state index contributed by atoms with van der Waals surface area (Å²) in [5.41, 5.74) is 1.72. The summed E-state index contributed by atoms with van der Waals surface area (Å²) in [5.74, 6) is 0.814. The van der Waals surface area contributed by atoms with Crippen LogP contribution in [0.2, 0.25) is 0 Å². The van der Waals surface area contributed by atoms with Crippen molar-refractivity contribution in [3.63, 3.8) is 0 Å². The molecule has 0 bridgehead atoms. The standard InChI is InChI=1S/C21H35N5O.HI/c1-5-22-20(27)18-9-7-8-17(14-18)15-24-21(23-6-2)25-19-10-12-26(13-11-19)16(3)4;/h7-9,14,16,19H,5-6,10-13,15H2,1-4H3,(H,22,27)(H2,23,24,25);1H. The van der Waals surface area contributed by atoms with Crippen LogP contribution in [0.25, 0.3) is 0 Å². The van der Waals surface area contributed by atoms with E-state index in [4.69, 9.17) is 4.99 Å². The molecule has 0 saturated carbocycles. The number of benzene rings is 1. The van der Waals surface area contributed by atoms with Crippen LogP contribution in [0.4, 0.5) is 0 Å². The molecule has 1 heterocycles. The zero-order valence-corrected chi connectivity index (χ0v) is 20.0. The lowest BCUT2D eigenvalue weighted by Crippen LogP contribution is -2.49. The Balaban J connectivity index is 0.00000392. The molecule has 1 aliphatic rings. The summed E-state index contributed by atoms with van der Waals surface area (Å²) in [6.07, 6.45) is 2.27. The van der Waals surface area contributed by atoms with Crippen molar-refractivity contribution in [3.05, 3.63) is 35.4 Å². The molecular formula is C21H36IN5O. The minimum atomic E-state index is -0.0368. The van der Waals surface area contributed by atoms with E-state index in [1.165, 1.54) is 0 Å². The maximum absolute atomic E-state index is 12.0. The molecule has 6 nitrogen and oxygen atoms in total. The Bertz CT molecular complexity index is 627. The Labute approximate surface area is 187 Å². The second-order valence-corrected chi connectivity index (χ2v) is 7.30. The predicted octanol–water partition coefficient (Wildman–Crippen LogP) is 2.98. The molecule has 1 aromatic rings. The summed E-state index contributed by atoms with van der Waals surface area (Å²) in [6.45, 7) is 12.8. The summed E-state index contributed by atoms with van der Waals surface area (Å²) in [6, 6.07) is 8.75. The lowest BCUT2D eigenvalue weighted by Gasteiger charge is -2.35. The number of nitrogens with zero attached hydrogens (tertiary/aromatic N) is 2. The fourth-order valence-corrected chi connectivity index (χ4v) is 3.32. The molecule has 0 radical (unpaired) electrons. The van der Waals surface area contributed by atoms with Gasteiger partial charge in [-0.15, -0.1) is 24.0 Å². The Morgan fingerprint density at radius 1 is 1.18 bits per heavy atom. The first-order valence-corrected chi connectivity index (χ1v) is 10.2. The van der Waals surface area contributed by atoms with Crippen LogP contribution < -0.4 is 16.0 Å². The molecule has 1 saturated heterocycles. The van der Waals surface area contributed by atoms with E-state index in [1.807, 2.05) is 31.2 Å². The van der Waals surface area contributed by atoms with Gasteiger partial charge in [0.1, 0.15) is 0 Å². The van der Waals surface area contributed by atoms with Crippen LogP contribution in [-0.4, -0.2) is 55.0 Å². The maximum atomic E-state index is 12.0. The number of guanidine groups is 1. The van der Waals surface area contributed by atoms with Gasteiger partial charge in [-0.3, -0.25) is 4.79 Å². The van der Waals surface area contributed by atoms with Crippen molar-refractivity contribution >= 4 is 35.8 Å². The van der Waals surface area contributed by atoms with Gasteiger partial charge >= 0.3 is 0 Å². The monoisotopic (exact) mass is 501 g/mol. The number of hydrogen-bond acceptors (Lipinski definition) is 3. The van der Waals surface area contributed by atoms with Crippen molar-refractivity contribution in [2.45, 2.75) is 59.2 Å². The summed E-state index contributed by atoms with van der Waals surface area (Å²) < 4.78 is 0. The normalized spacial score (nSPS) is 15.8. The number of carbonyl (C=O) groups excluding carboxylic acids is 1. The number of likely N-dealkylation sites (tertiary alicyclic amines) is 1. The maximum Gasteiger partial charge on any atom is 0.251 e. The molecule has 3 N–H and O–H groups in total. The summed E-state index contributed by atoms with van der Waals surface area (Å²) in [5, 5.41) is 9.75. The van der Waals surface area contributed by atoms with Crippen molar-refractivity contribution in [3.8, 4) is 0 Å². The number of hydrogen-bond donors (Lipinski definition) is 3. The van der Waals surface area contributed by atoms with E-state index >= 15 is 0 Å². The van der Waals surface area contributed by atoms with E-state index in [-0.39, 0.29) is 29.9 Å². The number of carbonyl (C=O) groups is 1. The highest BCUT2D eigenvalue weighted by Gasteiger charge is 2.21. The van der Waals surface area contributed by atoms with Crippen LogP contribution >= 0.6 is 24.0 Å². The van der Waals surface area contributed by atoms with Crippen LogP contribution in [0, 0.1) is 0 Å². The number of piperidine rings is 1. The summed E-state index contributed by atoms with van der Waals surface area (Å²) in [4.78, 5) is 19.2. The molecule has 1 amide bonds. The van der Waals surface area contributed by atoms with Crippen molar-refractivity contribution in [2.75, 3.05) is 26.2 Å². The van der Waals surface area contributed by atoms with Gasteiger partial charge in [-0.05, 0) is 58.2 Å². The molecule has 7 heteroatoms. The zero-order chi connectivity index (χ0) is 19.6. The molecular weight excluding hydrogens is 465 g/mol. The number of halogens is 1. The topological polar surface area (TPSA) is 68.8 Å². The summed E-state index contributed by atoms with van der Waals surface area (Å²) in [7, 11) is 0. The van der Waals surface area contributed by atoms with Crippen molar-refractivity contribution in [1.29, 1.82) is 0 Å². The van der Waals surface area contributed by atoms with E-state index in [9.17, 15) is 4.79 Å². The van der Waals surface area contributed by atoms with Crippen LogP contribution in [0.3, 0.4) is 0 Å². The zero-order valence-electron chi connectivity index (χ0n) is 17.6. The Morgan fingerprint density at radius 3 is 2.46 bits per heavy atom. The lowest BCUT2D eigenvalue weighted by atomic mass is 10.0. The van der Waals surface area contributed by atoms with E-state index in [0.29, 0.717) is 30.7 Å². The van der Waals surface area contributed by atoms with Gasteiger partial charge in [0, 0.05) is 43.8 Å². The Morgan fingerprint density at radius 2 is 1.86 bits per heavy atom. The van der Waals surface area contributed by atoms with E-state index in [1.54, 1.807) is 0 Å². The first kappa shape index (κ1) is 24.7. The Hall–Kier alpha value is -1.35. The van der Waals surface area contributed by atoms with Gasteiger partial charge in [0.25, 0.3) is 5.91 Å². The SMILES string of the molecule is CCNC(=O)c1cccc(CN=C(NCC)NC2CCN(C(C)C)CC2)c1.I. The molecule has 0 aromatic heterocycles. The molecule has 28 heavy (non-hydrogen) atoms. The number of aliphatic imine (C=N–C) groups is 1. The third-order valence-corrected chi connectivity index (χ3v) is 4.89. The molecule has 0 aliphatic carbocycles. The second kappa shape index (κ2) is 13.0. The minimum absolute atomic E-state index is 0. The fraction of sp³-hybridized carbons (Fsp3) is 0.619. The van der Waals surface area contributed by atoms with Gasteiger partial charge in [0.2, 0.25) is 0 Å². The van der Waals surface area contributed by atoms with Crippen LogP contribution in [0.15, 0.2) is 29.3 Å². The van der Waals surface area contributed by atoms with E-state index < -0.39 is 0 Å². The van der Waals surface area contributed by atoms with E-state index in [0.717, 1.165) is 44.0 Å². The molecule has 0 spiro atoms. The number of nitrogens with one attached hydrogen (secondary N) is 3. The predicted molar refractivity (Wildman–Crippen MR) is 128 cm³/mol. The van der Waals surface area contributed by atoms with Crippen molar-refractivity contribution in [2.24, 2.45) is 4.99 Å². The fourth-order valence-electron chi connectivity index (χ4n) is 3.32. The highest BCUT2D eigenvalue weighted by Crippen LogP contribution is 2.13. The second-order valence-electron chi connectivity index (χ2n) is 7.30. The molecule has 1 aromatic carbocycles. The Kier molecular flexibility index (Phi) is 11.4. The molecule has 1 aliphatic heterocycles. The quantitative estimate of drug-likeness (QED) is 0.305. The van der Waals surface area contributed by atoms with E-state index in [2.05, 4.69) is 41.6 Å².